The molecule has 2 aliphatic rings. The summed E-state index contributed by atoms with van der Waals surface area (Å²) in [6.07, 6.45) is 15.1. The zero-order valence-corrected chi connectivity index (χ0v) is 12.8. The van der Waals surface area contributed by atoms with Crippen molar-refractivity contribution >= 4 is 6.08 Å². The highest BCUT2D eigenvalue weighted by Crippen LogP contribution is 2.43. The molecule has 0 heterocycles. The van der Waals surface area contributed by atoms with Gasteiger partial charge in [-0.15, -0.1) is 0 Å². The van der Waals surface area contributed by atoms with Gasteiger partial charge in [0.1, 0.15) is 0 Å². The van der Waals surface area contributed by atoms with E-state index in [4.69, 9.17) is 0 Å². The summed E-state index contributed by atoms with van der Waals surface area (Å²) in [7, 11) is 0. The molecule has 104 valence electrons. The Balaban J connectivity index is 1.99. The third-order valence-electron chi connectivity index (χ3n) is 4.84. The Morgan fingerprint density at radius 1 is 1.30 bits per heavy atom. The van der Waals surface area contributed by atoms with Crippen LogP contribution in [0.2, 0.25) is 0 Å². The molecule has 3 rings (SSSR count). The Labute approximate surface area is 122 Å². The van der Waals surface area contributed by atoms with Crippen molar-refractivity contribution in [2.24, 2.45) is 5.92 Å². The summed E-state index contributed by atoms with van der Waals surface area (Å²) < 4.78 is 0. The second-order valence-corrected chi connectivity index (χ2v) is 6.17. The quantitative estimate of drug-likeness (QED) is 0.666. The van der Waals surface area contributed by atoms with Gasteiger partial charge in [-0.3, -0.25) is 0 Å². The van der Waals surface area contributed by atoms with Crippen LogP contribution < -0.4 is 0 Å². The molecule has 1 aromatic carbocycles. The van der Waals surface area contributed by atoms with Crippen LogP contribution in [0.15, 0.2) is 42.0 Å². The summed E-state index contributed by atoms with van der Waals surface area (Å²) in [5.74, 6) is 1.18. The largest absolute Gasteiger partial charge is 0.0805 e. The summed E-state index contributed by atoms with van der Waals surface area (Å²) in [4.78, 5) is 0. The number of allylic oxidation sites excluding steroid dienone is 5. The molecule has 0 aromatic heterocycles. The van der Waals surface area contributed by atoms with Crippen molar-refractivity contribution in [3.8, 4) is 0 Å². The van der Waals surface area contributed by atoms with Crippen molar-refractivity contribution in [3.63, 3.8) is 0 Å². The predicted molar refractivity (Wildman–Crippen MR) is 88.0 cm³/mol. The lowest BCUT2D eigenvalue weighted by Crippen LogP contribution is -2.11. The van der Waals surface area contributed by atoms with Crippen LogP contribution >= 0.6 is 0 Å². The third kappa shape index (κ3) is 2.18. The molecule has 0 saturated carbocycles. The molecule has 20 heavy (non-hydrogen) atoms. The summed E-state index contributed by atoms with van der Waals surface area (Å²) >= 11 is 0. The number of benzene rings is 1. The SMILES string of the molecule is CCCc1ccc(C)c2c1C(C(C)C1=CC=CC1)C=C2. The zero-order valence-electron chi connectivity index (χ0n) is 12.8. The molecule has 0 aliphatic heterocycles. The maximum Gasteiger partial charge on any atom is 0.00931 e. The van der Waals surface area contributed by atoms with Gasteiger partial charge in [0, 0.05) is 5.92 Å². The first kappa shape index (κ1) is 13.4. The molecule has 0 N–H and O–H groups in total. The van der Waals surface area contributed by atoms with E-state index in [0.29, 0.717) is 11.8 Å². The van der Waals surface area contributed by atoms with Crippen molar-refractivity contribution in [2.45, 2.75) is 46.0 Å². The lowest BCUT2D eigenvalue weighted by molar-refractivity contribution is 0.599. The van der Waals surface area contributed by atoms with E-state index in [1.807, 2.05) is 0 Å². The summed E-state index contributed by atoms with van der Waals surface area (Å²) in [6.45, 7) is 6.90. The summed E-state index contributed by atoms with van der Waals surface area (Å²) in [5, 5.41) is 0. The standard InChI is InChI=1S/C20H24/c1-4-7-17-11-10-14(2)18-12-13-19(20(17)18)15(3)16-8-5-6-9-16/h5-6,8,10-13,15,19H,4,7,9H2,1-3H3. The number of aryl methyl sites for hydroxylation is 2. The maximum atomic E-state index is 2.43. The van der Waals surface area contributed by atoms with Crippen molar-refractivity contribution in [1.29, 1.82) is 0 Å². The van der Waals surface area contributed by atoms with Crippen molar-refractivity contribution in [2.75, 3.05) is 0 Å². The van der Waals surface area contributed by atoms with Gasteiger partial charge in [-0.25, -0.2) is 0 Å². The highest BCUT2D eigenvalue weighted by molar-refractivity contribution is 5.68. The molecule has 0 fully saturated rings. The lowest BCUT2D eigenvalue weighted by atomic mass is 9.80. The average molecular weight is 264 g/mol. The third-order valence-corrected chi connectivity index (χ3v) is 4.84. The molecule has 0 spiro atoms. The van der Waals surface area contributed by atoms with Gasteiger partial charge in [0.05, 0.1) is 0 Å². The molecule has 0 saturated heterocycles. The molecular formula is C20H24. The number of fused-ring (bicyclic) bond motifs is 1. The molecule has 2 aliphatic carbocycles. The van der Waals surface area contributed by atoms with Gasteiger partial charge in [0.25, 0.3) is 0 Å². The van der Waals surface area contributed by atoms with E-state index in [0.717, 1.165) is 6.42 Å². The van der Waals surface area contributed by atoms with Gasteiger partial charge in [-0.2, -0.15) is 0 Å². The van der Waals surface area contributed by atoms with Crippen LogP contribution in [0.5, 0.6) is 0 Å². The monoisotopic (exact) mass is 264 g/mol. The van der Waals surface area contributed by atoms with E-state index in [1.165, 1.54) is 24.0 Å². The van der Waals surface area contributed by atoms with E-state index in [9.17, 15) is 0 Å². The minimum absolute atomic E-state index is 0.567. The Morgan fingerprint density at radius 3 is 2.85 bits per heavy atom. The molecule has 2 unspecified atom stereocenters. The predicted octanol–water partition coefficient (Wildman–Crippen LogP) is 5.58. The number of hydrogen-bond donors (Lipinski definition) is 0. The number of hydrogen-bond acceptors (Lipinski definition) is 0. The van der Waals surface area contributed by atoms with E-state index >= 15 is 0 Å². The lowest BCUT2D eigenvalue weighted by Gasteiger charge is -2.24. The van der Waals surface area contributed by atoms with Gasteiger partial charge < -0.3 is 0 Å². The van der Waals surface area contributed by atoms with Crippen molar-refractivity contribution < 1.29 is 0 Å². The number of rotatable bonds is 4. The first-order valence-corrected chi connectivity index (χ1v) is 7.88. The van der Waals surface area contributed by atoms with Crippen LogP contribution in [0.1, 0.15) is 54.9 Å². The van der Waals surface area contributed by atoms with Gasteiger partial charge in [0.15, 0.2) is 0 Å². The van der Waals surface area contributed by atoms with Crippen LogP contribution in [-0.2, 0) is 6.42 Å². The molecule has 0 bridgehead atoms. The molecule has 2 atom stereocenters. The second-order valence-electron chi connectivity index (χ2n) is 6.17. The van der Waals surface area contributed by atoms with Gasteiger partial charge in [-0.1, -0.05) is 68.4 Å². The average Bonchev–Trinajstić information content (AvgIpc) is 3.10. The molecule has 0 heteroatoms. The van der Waals surface area contributed by atoms with Crippen LogP contribution in [0, 0.1) is 12.8 Å². The van der Waals surface area contributed by atoms with Gasteiger partial charge in [0.2, 0.25) is 0 Å². The molecule has 0 nitrogen and oxygen atoms in total. The van der Waals surface area contributed by atoms with Crippen LogP contribution in [0.25, 0.3) is 6.08 Å². The van der Waals surface area contributed by atoms with Crippen LogP contribution in [0.4, 0.5) is 0 Å². The summed E-state index contributed by atoms with van der Waals surface area (Å²) in [5.41, 5.74) is 7.65. The minimum atomic E-state index is 0.567. The molecule has 0 radical (unpaired) electrons. The molecular weight excluding hydrogens is 240 g/mol. The van der Waals surface area contributed by atoms with Gasteiger partial charge >= 0.3 is 0 Å². The fourth-order valence-corrected chi connectivity index (χ4v) is 3.64. The smallest absolute Gasteiger partial charge is 0.00931 e. The van der Waals surface area contributed by atoms with Gasteiger partial charge in [-0.05, 0) is 47.9 Å². The second kappa shape index (κ2) is 5.44. The van der Waals surface area contributed by atoms with Crippen LogP contribution in [-0.4, -0.2) is 0 Å². The minimum Gasteiger partial charge on any atom is -0.0805 e. The normalized spacial score (nSPS) is 21.1. The van der Waals surface area contributed by atoms with E-state index in [2.05, 4.69) is 63.3 Å². The first-order chi connectivity index (χ1) is 9.72. The molecule has 0 amide bonds. The van der Waals surface area contributed by atoms with Crippen molar-refractivity contribution in [3.05, 3.63) is 64.3 Å². The van der Waals surface area contributed by atoms with E-state index < -0.39 is 0 Å². The maximum absolute atomic E-state index is 2.43. The van der Waals surface area contributed by atoms with E-state index in [-0.39, 0.29) is 0 Å². The molecule has 1 aromatic rings. The fraction of sp³-hybridized carbons (Fsp3) is 0.400. The Morgan fingerprint density at radius 2 is 2.15 bits per heavy atom. The first-order valence-electron chi connectivity index (χ1n) is 7.88. The summed E-state index contributed by atoms with van der Waals surface area (Å²) in [6, 6.07) is 4.64. The highest BCUT2D eigenvalue weighted by atomic mass is 14.3. The Bertz CT molecular complexity index is 599. The highest BCUT2D eigenvalue weighted by Gasteiger charge is 2.28. The Hall–Kier alpha value is -1.56. The zero-order chi connectivity index (χ0) is 14.1. The van der Waals surface area contributed by atoms with Crippen molar-refractivity contribution in [1.82, 2.24) is 0 Å². The van der Waals surface area contributed by atoms with Crippen LogP contribution in [0.3, 0.4) is 0 Å². The topological polar surface area (TPSA) is 0 Å². The van der Waals surface area contributed by atoms with E-state index in [1.54, 1.807) is 16.7 Å². The Kier molecular flexibility index (Phi) is 3.65. The fourth-order valence-electron chi connectivity index (χ4n) is 3.64.